The van der Waals surface area contributed by atoms with E-state index in [-0.39, 0.29) is 5.82 Å². The Morgan fingerprint density at radius 3 is 1.84 bits per heavy atom. The van der Waals surface area contributed by atoms with Crippen molar-refractivity contribution < 1.29 is 8.60 Å². The van der Waals surface area contributed by atoms with Gasteiger partial charge in [-0.05, 0) is 41.0 Å². The third kappa shape index (κ3) is 3.92. The summed E-state index contributed by atoms with van der Waals surface area (Å²) in [6.07, 6.45) is 3.12. The van der Waals surface area contributed by atoms with E-state index in [1.165, 1.54) is 12.1 Å². The molecule has 0 saturated heterocycles. The number of nitrogens with zero attached hydrogens (tertiary/aromatic N) is 4. The Bertz CT molecular complexity index is 1660. The molecule has 0 saturated carbocycles. The molecule has 1 unspecified atom stereocenters. The van der Waals surface area contributed by atoms with Gasteiger partial charge in [0.05, 0.1) is 16.3 Å². The van der Waals surface area contributed by atoms with Crippen LogP contribution in [0.2, 0.25) is 0 Å². The van der Waals surface area contributed by atoms with Crippen LogP contribution in [0.15, 0.2) is 126 Å². The molecule has 38 heavy (non-hydrogen) atoms. The van der Waals surface area contributed by atoms with Gasteiger partial charge in [0.25, 0.3) is 0 Å². The first-order valence-corrected chi connectivity index (χ1v) is 13.7. The molecule has 7 heteroatoms. The predicted molar refractivity (Wildman–Crippen MR) is 148 cm³/mol. The van der Waals surface area contributed by atoms with Gasteiger partial charge in [-0.1, -0.05) is 91.0 Å². The van der Waals surface area contributed by atoms with Gasteiger partial charge in [0.1, 0.15) is 22.1 Å². The van der Waals surface area contributed by atoms with E-state index in [0.717, 1.165) is 16.7 Å². The molecule has 2 aromatic heterocycles. The summed E-state index contributed by atoms with van der Waals surface area (Å²) in [7, 11) is -1.31. The molecular formula is C31H23FN4OS. The Balaban J connectivity index is 1.77. The smallest absolute Gasteiger partial charge is 0.181 e. The second kappa shape index (κ2) is 9.76. The van der Waals surface area contributed by atoms with Crippen LogP contribution in [0.1, 0.15) is 16.7 Å². The summed E-state index contributed by atoms with van der Waals surface area (Å²) < 4.78 is 28.8. The van der Waals surface area contributed by atoms with Crippen molar-refractivity contribution in [3.8, 4) is 11.5 Å². The van der Waals surface area contributed by atoms with E-state index in [1.54, 1.807) is 24.6 Å². The first-order chi connectivity index (χ1) is 18.6. The fraction of sp³-hybridized carbons (Fsp3) is 0.0645. The fourth-order valence-corrected chi connectivity index (χ4v) is 5.50. The number of benzene rings is 4. The number of aromatic nitrogens is 4. The van der Waals surface area contributed by atoms with Crippen LogP contribution in [0.4, 0.5) is 4.39 Å². The predicted octanol–water partition coefficient (Wildman–Crippen LogP) is 6.21. The average molecular weight is 519 g/mol. The summed E-state index contributed by atoms with van der Waals surface area (Å²) in [5.41, 5.74) is 3.19. The van der Waals surface area contributed by atoms with Crippen LogP contribution < -0.4 is 0 Å². The van der Waals surface area contributed by atoms with Gasteiger partial charge in [-0.25, -0.2) is 19.0 Å². The Kier molecular flexibility index (Phi) is 6.13. The quantitative estimate of drug-likeness (QED) is 0.194. The van der Waals surface area contributed by atoms with E-state index >= 15 is 0 Å². The molecule has 5 nitrogen and oxygen atoms in total. The number of halogens is 1. The summed E-state index contributed by atoms with van der Waals surface area (Å²) in [6, 6.07) is 36.7. The molecule has 6 aromatic rings. The number of fused-ring (bicyclic) bond motifs is 1. The van der Waals surface area contributed by atoms with E-state index in [4.69, 9.17) is 5.10 Å². The topological polar surface area (TPSA) is 60.7 Å². The van der Waals surface area contributed by atoms with Gasteiger partial charge in [0.15, 0.2) is 5.82 Å². The first kappa shape index (κ1) is 23.9. The van der Waals surface area contributed by atoms with Crippen LogP contribution in [0, 0.1) is 5.82 Å². The van der Waals surface area contributed by atoms with Crippen LogP contribution in [-0.4, -0.2) is 30.2 Å². The molecule has 0 radical (unpaired) electrons. The third-order valence-corrected chi connectivity index (χ3v) is 7.49. The van der Waals surface area contributed by atoms with Gasteiger partial charge in [0.2, 0.25) is 0 Å². The molecule has 0 N–H and O–H groups in total. The van der Waals surface area contributed by atoms with E-state index < -0.39 is 22.2 Å². The highest BCUT2D eigenvalue weighted by Gasteiger charge is 2.41. The molecule has 0 amide bonds. The number of hydrogen-bond acceptors (Lipinski definition) is 4. The Hall–Kier alpha value is -4.49. The van der Waals surface area contributed by atoms with Crippen molar-refractivity contribution in [2.75, 3.05) is 6.26 Å². The lowest BCUT2D eigenvalue weighted by Gasteiger charge is -2.37. The Morgan fingerprint density at radius 1 is 0.763 bits per heavy atom. The second-order valence-corrected chi connectivity index (χ2v) is 10.2. The molecule has 0 aliphatic carbocycles. The van der Waals surface area contributed by atoms with E-state index in [9.17, 15) is 8.60 Å². The zero-order chi connectivity index (χ0) is 26.1. The standard InChI is InChI=1S/C31H23FN4OS/c1-38(37)28-19-20-33-30(34-28)29-26-21-25(32)17-18-27(26)36(35-29)31(22-11-5-2-6-12-22,23-13-7-3-8-14-23)24-15-9-4-10-16-24/h2-21H,1H3. The second-order valence-electron chi connectivity index (χ2n) is 8.90. The van der Waals surface area contributed by atoms with Crippen LogP contribution in [0.3, 0.4) is 0 Å². The molecule has 186 valence electrons. The Labute approximate surface area is 222 Å². The van der Waals surface area contributed by atoms with Gasteiger partial charge in [0, 0.05) is 17.8 Å². The Morgan fingerprint density at radius 2 is 1.32 bits per heavy atom. The van der Waals surface area contributed by atoms with Crippen LogP contribution in [-0.2, 0) is 16.3 Å². The highest BCUT2D eigenvalue weighted by molar-refractivity contribution is 7.84. The lowest BCUT2D eigenvalue weighted by Crippen LogP contribution is -2.38. The summed E-state index contributed by atoms with van der Waals surface area (Å²) in [5, 5.41) is 6.08. The van der Waals surface area contributed by atoms with Crippen molar-refractivity contribution >= 4 is 21.7 Å². The molecule has 0 bridgehead atoms. The largest absolute Gasteiger partial charge is 0.253 e. The maximum Gasteiger partial charge on any atom is 0.181 e. The highest BCUT2D eigenvalue weighted by atomic mass is 32.2. The zero-order valence-corrected chi connectivity index (χ0v) is 21.3. The minimum Gasteiger partial charge on any atom is -0.253 e. The molecule has 0 spiro atoms. The van der Waals surface area contributed by atoms with Gasteiger partial charge >= 0.3 is 0 Å². The number of hydrogen-bond donors (Lipinski definition) is 0. The summed E-state index contributed by atoms with van der Waals surface area (Å²) >= 11 is 0. The summed E-state index contributed by atoms with van der Waals surface area (Å²) in [4.78, 5) is 8.97. The van der Waals surface area contributed by atoms with Crippen molar-refractivity contribution in [1.82, 2.24) is 19.7 Å². The monoisotopic (exact) mass is 518 g/mol. The van der Waals surface area contributed by atoms with Crippen LogP contribution in [0.25, 0.3) is 22.4 Å². The molecule has 0 fully saturated rings. The zero-order valence-electron chi connectivity index (χ0n) is 20.5. The molecule has 4 aromatic carbocycles. The van der Waals surface area contributed by atoms with Gasteiger partial charge in [-0.2, -0.15) is 5.10 Å². The fourth-order valence-electron chi connectivity index (χ4n) is 5.03. The third-order valence-electron chi connectivity index (χ3n) is 6.67. The van der Waals surface area contributed by atoms with Crippen molar-refractivity contribution in [3.63, 3.8) is 0 Å². The van der Waals surface area contributed by atoms with Crippen LogP contribution in [0.5, 0.6) is 0 Å². The maximum absolute atomic E-state index is 14.7. The van der Waals surface area contributed by atoms with E-state index in [2.05, 4.69) is 46.4 Å². The molecule has 0 aliphatic rings. The first-order valence-electron chi connectivity index (χ1n) is 12.1. The minimum absolute atomic E-state index is 0.287. The lowest BCUT2D eigenvalue weighted by atomic mass is 9.77. The lowest BCUT2D eigenvalue weighted by molar-refractivity contribution is 0.476. The maximum atomic E-state index is 14.7. The van der Waals surface area contributed by atoms with Gasteiger partial charge in [-0.15, -0.1) is 0 Å². The van der Waals surface area contributed by atoms with Crippen molar-refractivity contribution in [3.05, 3.63) is 144 Å². The normalized spacial score (nSPS) is 12.5. The molecule has 0 aliphatic heterocycles. The van der Waals surface area contributed by atoms with Crippen molar-refractivity contribution in [1.29, 1.82) is 0 Å². The highest BCUT2D eigenvalue weighted by Crippen LogP contribution is 2.43. The summed E-state index contributed by atoms with van der Waals surface area (Å²) in [6.45, 7) is 0. The van der Waals surface area contributed by atoms with Crippen molar-refractivity contribution in [2.24, 2.45) is 0 Å². The van der Waals surface area contributed by atoms with E-state index in [0.29, 0.717) is 21.6 Å². The van der Waals surface area contributed by atoms with E-state index in [1.807, 2.05) is 59.3 Å². The molecule has 6 rings (SSSR count). The summed E-state index contributed by atoms with van der Waals surface area (Å²) in [5.74, 6) is -0.103. The molecule has 1 atom stereocenters. The molecular weight excluding hydrogens is 495 g/mol. The van der Waals surface area contributed by atoms with Crippen molar-refractivity contribution in [2.45, 2.75) is 10.6 Å². The SMILES string of the molecule is CS(=O)c1ccnc(-c2nn(C(c3ccccc3)(c3ccccc3)c3ccccc3)c3ccc(F)cc23)n1. The molecule has 2 heterocycles. The van der Waals surface area contributed by atoms with Gasteiger partial charge in [-0.3, -0.25) is 4.21 Å². The minimum atomic E-state index is -1.31. The van der Waals surface area contributed by atoms with Crippen LogP contribution >= 0.6 is 0 Å². The number of rotatable bonds is 6. The average Bonchev–Trinajstić information content (AvgIpc) is 3.34. The van der Waals surface area contributed by atoms with Gasteiger partial charge < -0.3 is 0 Å².